The fourth-order valence-corrected chi connectivity index (χ4v) is 3.26. The molecule has 3 rings (SSSR count). The Labute approximate surface area is 116 Å². The summed E-state index contributed by atoms with van der Waals surface area (Å²) >= 11 is 0. The molecule has 3 heterocycles. The average Bonchev–Trinajstić information content (AvgIpc) is 2.88. The molecule has 19 heavy (non-hydrogen) atoms. The van der Waals surface area contributed by atoms with Crippen LogP contribution in [0.25, 0.3) is 0 Å². The summed E-state index contributed by atoms with van der Waals surface area (Å²) in [6, 6.07) is 4.37. The molecule has 0 amide bonds. The number of anilines is 1. The molecule has 3 nitrogen and oxygen atoms in total. The van der Waals surface area contributed by atoms with Crippen molar-refractivity contribution >= 4 is 5.82 Å². The molecule has 104 valence electrons. The highest BCUT2D eigenvalue weighted by molar-refractivity contribution is 5.42. The van der Waals surface area contributed by atoms with Gasteiger partial charge in [-0.25, -0.2) is 4.98 Å². The van der Waals surface area contributed by atoms with E-state index in [1.807, 2.05) is 6.20 Å². The summed E-state index contributed by atoms with van der Waals surface area (Å²) in [6.45, 7) is 7.58. The minimum absolute atomic E-state index is 0.201. The molecule has 1 spiro atoms. The highest BCUT2D eigenvalue weighted by Gasteiger charge is 2.38. The highest BCUT2D eigenvalue weighted by Crippen LogP contribution is 2.36. The molecule has 2 aliphatic heterocycles. The Bertz CT molecular complexity index is 428. The van der Waals surface area contributed by atoms with Crippen LogP contribution >= 0.6 is 0 Å². The van der Waals surface area contributed by atoms with Crippen LogP contribution in [-0.2, 0) is 4.74 Å². The van der Waals surface area contributed by atoms with E-state index in [2.05, 4.69) is 35.9 Å². The number of hydrogen-bond donors (Lipinski definition) is 0. The van der Waals surface area contributed by atoms with Gasteiger partial charge in [-0.05, 0) is 49.3 Å². The van der Waals surface area contributed by atoms with Crippen molar-refractivity contribution in [1.29, 1.82) is 0 Å². The molecule has 0 aromatic carbocycles. The largest absolute Gasteiger partial charge is 0.375 e. The van der Waals surface area contributed by atoms with Crippen molar-refractivity contribution in [2.45, 2.75) is 51.0 Å². The van der Waals surface area contributed by atoms with Gasteiger partial charge >= 0.3 is 0 Å². The first-order valence-corrected chi connectivity index (χ1v) is 7.53. The smallest absolute Gasteiger partial charge is 0.128 e. The molecule has 0 saturated carbocycles. The van der Waals surface area contributed by atoms with Crippen LogP contribution in [0.3, 0.4) is 0 Å². The third-order valence-electron chi connectivity index (χ3n) is 4.62. The first-order valence-electron chi connectivity index (χ1n) is 7.53. The van der Waals surface area contributed by atoms with E-state index in [9.17, 15) is 0 Å². The maximum Gasteiger partial charge on any atom is 0.128 e. The Hall–Kier alpha value is -1.09. The lowest BCUT2D eigenvalue weighted by Crippen LogP contribution is -2.44. The molecule has 2 fully saturated rings. The molecule has 2 aliphatic rings. The summed E-state index contributed by atoms with van der Waals surface area (Å²) in [7, 11) is 0. The minimum Gasteiger partial charge on any atom is -0.375 e. The van der Waals surface area contributed by atoms with Gasteiger partial charge in [0.25, 0.3) is 0 Å². The minimum atomic E-state index is 0.201. The lowest BCUT2D eigenvalue weighted by atomic mass is 9.88. The molecule has 0 N–H and O–H groups in total. The number of pyridine rings is 1. The van der Waals surface area contributed by atoms with Gasteiger partial charge in [0.2, 0.25) is 0 Å². The monoisotopic (exact) mass is 260 g/mol. The molecule has 1 aromatic rings. The second-order valence-electron chi connectivity index (χ2n) is 6.22. The molecule has 1 aromatic heterocycles. The van der Waals surface area contributed by atoms with Gasteiger partial charge in [0.05, 0.1) is 5.60 Å². The molecular weight excluding hydrogens is 236 g/mol. The number of ether oxygens (including phenoxy) is 1. The van der Waals surface area contributed by atoms with Gasteiger partial charge in [-0.3, -0.25) is 0 Å². The van der Waals surface area contributed by atoms with E-state index in [-0.39, 0.29) is 5.60 Å². The Morgan fingerprint density at radius 3 is 2.68 bits per heavy atom. The van der Waals surface area contributed by atoms with E-state index in [0.29, 0.717) is 5.92 Å². The zero-order chi connectivity index (χ0) is 13.3. The van der Waals surface area contributed by atoms with Crippen molar-refractivity contribution in [1.82, 2.24) is 4.98 Å². The maximum atomic E-state index is 5.98. The molecule has 2 saturated heterocycles. The summed E-state index contributed by atoms with van der Waals surface area (Å²) in [5, 5.41) is 0. The molecule has 0 aliphatic carbocycles. The zero-order valence-electron chi connectivity index (χ0n) is 12.1. The third-order valence-corrected chi connectivity index (χ3v) is 4.62. The van der Waals surface area contributed by atoms with E-state index < -0.39 is 0 Å². The van der Waals surface area contributed by atoms with E-state index in [1.54, 1.807) is 0 Å². The second kappa shape index (κ2) is 5.12. The van der Waals surface area contributed by atoms with Gasteiger partial charge < -0.3 is 9.64 Å². The summed E-state index contributed by atoms with van der Waals surface area (Å²) in [5.74, 6) is 1.70. The molecule has 0 unspecified atom stereocenters. The van der Waals surface area contributed by atoms with E-state index >= 15 is 0 Å². The van der Waals surface area contributed by atoms with E-state index in [1.165, 1.54) is 18.4 Å². The summed E-state index contributed by atoms with van der Waals surface area (Å²) in [4.78, 5) is 6.96. The summed E-state index contributed by atoms with van der Waals surface area (Å²) in [6.07, 6.45) is 6.74. The second-order valence-corrected chi connectivity index (χ2v) is 6.22. The highest BCUT2D eigenvalue weighted by atomic mass is 16.5. The number of aromatic nitrogens is 1. The zero-order valence-corrected chi connectivity index (χ0v) is 12.1. The van der Waals surface area contributed by atoms with Crippen LogP contribution in [0.4, 0.5) is 5.82 Å². The van der Waals surface area contributed by atoms with Crippen LogP contribution in [0.1, 0.15) is 51.0 Å². The third kappa shape index (κ3) is 2.62. The first kappa shape index (κ1) is 12.9. The van der Waals surface area contributed by atoms with Crippen LogP contribution in [0.5, 0.6) is 0 Å². The van der Waals surface area contributed by atoms with Gasteiger partial charge in [-0.1, -0.05) is 13.8 Å². The summed E-state index contributed by atoms with van der Waals surface area (Å²) < 4.78 is 5.98. The fraction of sp³-hybridized carbons (Fsp3) is 0.688. The number of hydrogen-bond acceptors (Lipinski definition) is 3. The molecule has 3 heteroatoms. The van der Waals surface area contributed by atoms with E-state index in [4.69, 9.17) is 4.74 Å². The standard InChI is InChI=1S/C16H24N2O/c1-13(2)14-4-8-17-15(12-14)18-9-6-16(7-10-18)5-3-11-19-16/h4,8,12-13H,3,5-7,9-11H2,1-2H3. The lowest BCUT2D eigenvalue weighted by Gasteiger charge is -2.39. The van der Waals surface area contributed by atoms with Crippen molar-refractivity contribution in [3.63, 3.8) is 0 Å². The summed E-state index contributed by atoms with van der Waals surface area (Å²) in [5.41, 5.74) is 1.58. The Balaban J connectivity index is 1.69. The van der Waals surface area contributed by atoms with Crippen LogP contribution in [0.2, 0.25) is 0 Å². The number of rotatable bonds is 2. The van der Waals surface area contributed by atoms with Crippen molar-refractivity contribution in [2.75, 3.05) is 24.6 Å². The van der Waals surface area contributed by atoms with Crippen LogP contribution in [0, 0.1) is 0 Å². The Morgan fingerprint density at radius 1 is 1.26 bits per heavy atom. The van der Waals surface area contributed by atoms with E-state index in [0.717, 1.165) is 38.4 Å². The van der Waals surface area contributed by atoms with Crippen LogP contribution < -0.4 is 4.90 Å². The predicted octanol–water partition coefficient (Wildman–Crippen LogP) is 3.35. The number of piperidine rings is 1. The Kier molecular flexibility index (Phi) is 3.48. The van der Waals surface area contributed by atoms with Crippen molar-refractivity contribution < 1.29 is 4.74 Å². The molecule has 0 radical (unpaired) electrons. The molecule has 0 atom stereocenters. The fourth-order valence-electron chi connectivity index (χ4n) is 3.26. The van der Waals surface area contributed by atoms with Gasteiger partial charge in [0, 0.05) is 25.9 Å². The molecular formula is C16H24N2O. The quantitative estimate of drug-likeness (QED) is 0.815. The maximum absolute atomic E-state index is 5.98. The van der Waals surface area contributed by atoms with Gasteiger partial charge in [0.15, 0.2) is 0 Å². The first-order chi connectivity index (χ1) is 9.19. The lowest BCUT2D eigenvalue weighted by molar-refractivity contribution is -0.0147. The predicted molar refractivity (Wildman–Crippen MR) is 77.7 cm³/mol. The topological polar surface area (TPSA) is 25.4 Å². The van der Waals surface area contributed by atoms with Crippen molar-refractivity contribution in [3.05, 3.63) is 23.9 Å². The Morgan fingerprint density at radius 2 is 2.05 bits per heavy atom. The van der Waals surface area contributed by atoms with Gasteiger partial charge in [0.1, 0.15) is 5.82 Å². The average molecular weight is 260 g/mol. The van der Waals surface area contributed by atoms with Crippen molar-refractivity contribution in [3.8, 4) is 0 Å². The van der Waals surface area contributed by atoms with Crippen molar-refractivity contribution in [2.24, 2.45) is 0 Å². The SMILES string of the molecule is CC(C)c1ccnc(N2CCC3(CCCO3)CC2)c1. The van der Waals surface area contributed by atoms with Gasteiger partial charge in [-0.15, -0.1) is 0 Å². The molecule has 0 bridgehead atoms. The number of nitrogens with zero attached hydrogens (tertiary/aromatic N) is 2. The van der Waals surface area contributed by atoms with Crippen LogP contribution in [0.15, 0.2) is 18.3 Å². The van der Waals surface area contributed by atoms with Gasteiger partial charge in [-0.2, -0.15) is 0 Å². The van der Waals surface area contributed by atoms with Crippen LogP contribution in [-0.4, -0.2) is 30.3 Å². The normalized spacial score (nSPS) is 22.4.